The van der Waals surface area contributed by atoms with Gasteiger partial charge in [-0.1, -0.05) is 29.8 Å². The van der Waals surface area contributed by atoms with Crippen LogP contribution in [0.5, 0.6) is 5.75 Å². The zero-order valence-electron chi connectivity index (χ0n) is 14.9. The Morgan fingerprint density at radius 3 is 2.56 bits per heavy atom. The van der Waals surface area contributed by atoms with Crippen LogP contribution in [0.1, 0.15) is 15.9 Å². The average Bonchev–Trinajstić information content (AvgIpc) is 3.10. The van der Waals surface area contributed by atoms with Crippen LogP contribution in [0.4, 0.5) is 0 Å². The fraction of sp³-hybridized carbons (Fsp3) is 0.0952. The molecule has 0 bridgehead atoms. The molecule has 27 heavy (non-hydrogen) atoms. The Morgan fingerprint density at radius 1 is 1.00 bits per heavy atom. The van der Waals surface area contributed by atoms with Crippen LogP contribution in [0.25, 0.3) is 28.2 Å². The molecule has 2 heterocycles. The fourth-order valence-electron chi connectivity index (χ4n) is 3.09. The van der Waals surface area contributed by atoms with E-state index in [1.54, 1.807) is 18.2 Å². The number of aromatic carboxylic acids is 1. The van der Waals surface area contributed by atoms with Crippen LogP contribution in [-0.2, 0) is 0 Å². The SMILES string of the molecule is COc1cc(-c2ccc3nnc(-c4cccc(C)c4)n3c2)ccc1C(=O)O. The smallest absolute Gasteiger partial charge is 0.339 e. The van der Waals surface area contributed by atoms with Crippen LogP contribution in [0.2, 0.25) is 0 Å². The Balaban J connectivity index is 1.84. The first kappa shape index (κ1) is 16.8. The van der Waals surface area contributed by atoms with Crippen molar-refractivity contribution < 1.29 is 14.6 Å². The van der Waals surface area contributed by atoms with Gasteiger partial charge in [0.1, 0.15) is 11.3 Å². The molecule has 0 radical (unpaired) electrons. The van der Waals surface area contributed by atoms with Gasteiger partial charge in [0.05, 0.1) is 7.11 Å². The molecule has 6 heteroatoms. The van der Waals surface area contributed by atoms with Crippen LogP contribution in [0.15, 0.2) is 60.8 Å². The summed E-state index contributed by atoms with van der Waals surface area (Å²) in [5, 5.41) is 17.8. The van der Waals surface area contributed by atoms with Crippen LogP contribution in [0.3, 0.4) is 0 Å². The van der Waals surface area contributed by atoms with Gasteiger partial charge in [-0.15, -0.1) is 10.2 Å². The van der Waals surface area contributed by atoms with Gasteiger partial charge in [-0.25, -0.2) is 4.79 Å². The Kier molecular flexibility index (Phi) is 4.08. The molecule has 0 aliphatic carbocycles. The predicted octanol–water partition coefficient (Wildman–Crippen LogP) is 4.08. The van der Waals surface area contributed by atoms with Crippen molar-refractivity contribution in [1.29, 1.82) is 0 Å². The highest BCUT2D eigenvalue weighted by atomic mass is 16.5. The summed E-state index contributed by atoms with van der Waals surface area (Å²) in [6.07, 6.45) is 1.95. The minimum Gasteiger partial charge on any atom is -0.496 e. The molecular formula is C21H17N3O3. The second-order valence-corrected chi connectivity index (χ2v) is 6.26. The lowest BCUT2D eigenvalue weighted by atomic mass is 10.0. The van der Waals surface area contributed by atoms with E-state index in [-0.39, 0.29) is 5.56 Å². The molecule has 0 saturated carbocycles. The largest absolute Gasteiger partial charge is 0.496 e. The summed E-state index contributed by atoms with van der Waals surface area (Å²) in [6.45, 7) is 2.04. The van der Waals surface area contributed by atoms with E-state index in [1.165, 1.54) is 7.11 Å². The van der Waals surface area contributed by atoms with Gasteiger partial charge in [0.25, 0.3) is 0 Å². The fourth-order valence-corrected chi connectivity index (χ4v) is 3.09. The van der Waals surface area contributed by atoms with Crippen molar-refractivity contribution in [2.75, 3.05) is 7.11 Å². The van der Waals surface area contributed by atoms with Crippen LogP contribution < -0.4 is 4.74 Å². The Labute approximate surface area is 155 Å². The second-order valence-electron chi connectivity index (χ2n) is 6.26. The number of benzene rings is 2. The molecule has 4 rings (SSSR count). The van der Waals surface area contributed by atoms with Crippen LogP contribution in [-0.4, -0.2) is 32.8 Å². The topological polar surface area (TPSA) is 76.7 Å². The lowest BCUT2D eigenvalue weighted by Gasteiger charge is -2.09. The summed E-state index contributed by atoms with van der Waals surface area (Å²) < 4.78 is 7.17. The molecule has 2 aromatic carbocycles. The van der Waals surface area contributed by atoms with Gasteiger partial charge in [-0.05, 0) is 48.4 Å². The number of carbonyl (C=O) groups is 1. The number of fused-ring (bicyclic) bond motifs is 1. The lowest BCUT2D eigenvalue weighted by Crippen LogP contribution is -2.00. The van der Waals surface area contributed by atoms with Crippen molar-refractivity contribution in [3.8, 4) is 28.3 Å². The summed E-state index contributed by atoms with van der Waals surface area (Å²) in [6, 6.07) is 17.0. The number of pyridine rings is 1. The van der Waals surface area contributed by atoms with Gasteiger partial charge in [0.15, 0.2) is 11.5 Å². The van der Waals surface area contributed by atoms with Gasteiger partial charge in [-0.2, -0.15) is 0 Å². The van der Waals surface area contributed by atoms with E-state index in [0.717, 1.165) is 33.7 Å². The number of hydrogen-bond acceptors (Lipinski definition) is 4. The molecule has 6 nitrogen and oxygen atoms in total. The highest BCUT2D eigenvalue weighted by Gasteiger charge is 2.13. The molecule has 0 saturated heterocycles. The maximum absolute atomic E-state index is 11.3. The number of carboxylic acids is 1. The first-order chi connectivity index (χ1) is 13.1. The first-order valence-electron chi connectivity index (χ1n) is 8.40. The van der Waals surface area contributed by atoms with E-state index in [2.05, 4.69) is 16.3 Å². The Bertz CT molecular complexity index is 1160. The molecular weight excluding hydrogens is 342 g/mol. The van der Waals surface area contributed by atoms with Gasteiger partial charge < -0.3 is 9.84 Å². The van der Waals surface area contributed by atoms with Gasteiger partial charge in [0, 0.05) is 11.8 Å². The second kappa shape index (κ2) is 6.57. The maximum atomic E-state index is 11.3. The zero-order valence-corrected chi connectivity index (χ0v) is 14.9. The number of aromatic nitrogens is 3. The molecule has 0 amide bonds. The van der Waals surface area contributed by atoms with E-state index in [0.29, 0.717) is 5.75 Å². The summed E-state index contributed by atoms with van der Waals surface area (Å²) in [4.78, 5) is 11.3. The molecule has 1 N–H and O–H groups in total. The Morgan fingerprint density at radius 2 is 1.81 bits per heavy atom. The molecule has 2 aromatic heterocycles. The number of rotatable bonds is 4. The molecule has 0 spiro atoms. The number of nitrogens with zero attached hydrogens (tertiary/aromatic N) is 3. The molecule has 0 atom stereocenters. The maximum Gasteiger partial charge on any atom is 0.339 e. The van der Waals surface area contributed by atoms with Crippen molar-refractivity contribution in [2.24, 2.45) is 0 Å². The third-order valence-electron chi connectivity index (χ3n) is 4.44. The first-order valence-corrected chi connectivity index (χ1v) is 8.40. The number of ether oxygens (including phenoxy) is 1. The van der Waals surface area contributed by atoms with Crippen molar-refractivity contribution in [1.82, 2.24) is 14.6 Å². The molecule has 134 valence electrons. The minimum atomic E-state index is -1.02. The standard InChI is InChI=1S/C21H17N3O3/c1-13-4-3-5-15(10-13)20-23-22-19-9-7-16(12-24(19)20)14-6-8-17(21(25)26)18(11-14)27-2/h3-12H,1-2H3,(H,25,26). The van der Waals surface area contributed by atoms with E-state index in [9.17, 15) is 9.90 Å². The van der Waals surface area contributed by atoms with Crippen LogP contribution in [0, 0.1) is 6.92 Å². The summed E-state index contributed by atoms with van der Waals surface area (Å²) >= 11 is 0. The van der Waals surface area contributed by atoms with Gasteiger partial charge in [0.2, 0.25) is 0 Å². The summed E-state index contributed by atoms with van der Waals surface area (Å²) in [5.74, 6) is 0.0572. The third-order valence-corrected chi connectivity index (χ3v) is 4.44. The molecule has 0 aliphatic heterocycles. The molecule has 0 unspecified atom stereocenters. The summed E-state index contributed by atoms with van der Waals surface area (Å²) in [5.41, 5.74) is 4.76. The monoisotopic (exact) mass is 359 g/mol. The minimum absolute atomic E-state index is 0.132. The van der Waals surface area contributed by atoms with E-state index < -0.39 is 5.97 Å². The van der Waals surface area contributed by atoms with Crippen molar-refractivity contribution in [3.05, 3.63) is 71.9 Å². The van der Waals surface area contributed by atoms with E-state index in [4.69, 9.17) is 4.74 Å². The van der Waals surface area contributed by atoms with Crippen molar-refractivity contribution in [2.45, 2.75) is 6.92 Å². The lowest BCUT2D eigenvalue weighted by molar-refractivity contribution is 0.0693. The Hall–Kier alpha value is -3.67. The molecule has 4 aromatic rings. The van der Waals surface area contributed by atoms with Gasteiger partial charge >= 0.3 is 5.97 Å². The van der Waals surface area contributed by atoms with E-state index >= 15 is 0 Å². The number of hydrogen-bond donors (Lipinski definition) is 1. The number of aryl methyl sites for hydroxylation is 1. The van der Waals surface area contributed by atoms with E-state index in [1.807, 2.05) is 47.9 Å². The molecule has 0 fully saturated rings. The normalized spacial score (nSPS) is 10.9. The molecule has 0 aliphatic rings. The van der Waals surface area contributed by atoms with Crippen molar-refractivity contribution in [3.63, 3.8) is 0 Å². The third kappa shape index (κ3) is 3.01. The highest BCUT2D eigenvalue weighted by Crippen LogP contribution is 2.29. The average molecular weight is 359 g/mol. The van der Waals surface area contributed by atoms with Gasteiger partial charge in [-0.3, -0.25) is 4.40 Å². The highest BCUT2D eigenvalue weighted by molar-refractivity contribution is 5.92. The number of methoxy groups -OCH3 is 1. The predicted molar refractivity (Wildman–Crippen MR) is 102 cm³/mol. The van der Waals surface area contributed by atoms with Crippen LogP contribution >= 0.6 is 0 Å². The van der Waals surface area contributed by atoms with Crippen molar-refractivity contribution >= 4 is 11.6 Å². The summed E-state index contributed by atoms with van der Waals surface area (Å²) in [7, 11) is 1.46. The zero-order chi connectivity index (χ0) is 19.0. The number of carboxylic acid groups (broad SMARTS) is 1. The quantitative estimate of drug-likeness (QED) is 0.594.